The van der Waals surface area contributed by atoms with Crippen LogP contribution >= 0.6 is 11.3 Å². The first kappa shape index (κ1) is 19.7. The van der Waals surface area contributed by atoms with Crippen LogP contribution in [-0.2, 0) is 17.2 Å². The predicted molar refractivity (Wildman–Crippen MR) is 104 cm³/mol. The average Bonchev–Trinajstić information content (AvgIpc) is 3.05. The highest BCUT2D eigenvalue weighted by Gasteiger charge is 2.10. The Morgan fingerprint density at radius 1 is 1.08 bits per heavy atom. The molecule has 0 spiro atoms. The van der Waals surface area contributed by atoms with E-state index in [-0.39, 0.29) is 5.91 Å². The van der Waals surface area contributed by atoms with E-state index in [2.05, 4.69) is 22.4 Å². The standard InChI is InChI=1S/C18H25N3O2S2/c1-3-4-5-6-7-8-9-16-20-21-18(24-16)19-17(22)14-10-12-15(13-11-14)25(2)23/h10-13H,3-9H2,1-2H3,(H,19,21,22). The number of hydrogen-bond acceptors (Lipinski definition) is 5. The van der Waals surface area contributed by atoms with Crippen LogP contribution in [0.3, 0.4) is 0 Å². The molecule has 2 rings (SSSR count). The van der Waals surface area contributed by atoms with E-state index in [1.165, 1.54) is 43.4 Å². The normalized spacial score (nSPS) is 12.1. The van der Waals surface area contributed by atoms with Gasteiger partial charge in [0.05, 0.1) is 0 Å². The fraction of sp³-hybridized carbons (Fsp3) is 0.500. The van der Waals surface area contributed by atoms with Gasteiger partial charge >= 0.3 is 0 Å². The van der Waals surface area contributed by atoms with E-state index in [4.69, 9.17) is 0 Å². The van der Waals surface area contributed by atoms with Crippen LogP contribution in [0.5, 0.6) is 0 Å². The predicted octanol–water partition coefficient (Wildman–Crippen LogP) is 4.43. The third-order valence-electron chi connectivity index (χ3n) is 3.88. The number of aryl methyl sites for hydroxylation is 1. The van der Waals surface area contributed by atoms with Crippen molar-refractivity contribution < 1.29 is 9.00 Å². The van der Waals surface area contributed by atoms with Gasteiger partial charge in [0.25, 0.3) is 5.91 Å². The zero-order valence-corrected chi connectivity index (χ0v) is 16.4. The molecule has 1 heterocycles. The summed E-state index contributed by atoms with van der Waals surface area (Å²) in [4.78, 5) is 12.9. The zero-order valence-electron chi connectivity index (χ0n) is 14.8. The molecule has 0 saturated heterocycles. The molecule has 2 aromatic rings. The lowest BCUT2D eigenvalue weighted by Gasteiger charge is -2.02. The Bertz CT molecular complexity index is 699. The molecule has 0 fully saturated rings. The molecular weight excluding hydrogens is 354 g/mol. The largest absolute Gasteiger partial charge is 0.296 e. The van der Waals surface area contributed by atoms with Crippen LogP contribution < -0.4 is 5.32 Å². The van der Waals surface area contributed by atoms with Gasteiger partial charge in [-0.1, -0.05) is 50.4 Å². The van der Waals surface area contributed by atoms with Crippen molar-refractivity contribution in [2.45, 2.75) is 56.8 Å². The van der Waals surface area contributed by atoms with E-state index in [0.717, 1.165) is 17.8 Å². The summed E-state index contributed by atoms with van der Waals surface area (Å²) in [5.74, 6) is -0.226. The van der Waals surface area contributed by atoms with Crippen molar-refractivity contribution in [3.05, 3.63) is 34.8 Å². The van der Waals surface area contributed by atoms with Crippen LogP contribution in [0, 0.1) is 0 Å². The Morgan fingerprint density at radius 3 is 2.44 bits per heavy atom. The van der Waals surface area contributed by atoms with E-state index in [1.807, 2.05) is 0 Å². The minimum Gasteiger partial charge on any atom is -0.296 e. The van der Waals surface area contributed by atoms with Gasteiger partial charge in [-0.15, -0.1) is 10.2 Å². The molecule has 25 heavy (non-hydrogen) atoms. The lowest BCUT2D eigenvalue weighted by atomic mass is 10.1. The third-order valence-corrected chi connectivity index (χ3v) is 5.71. The summed E-state index contributed by atoms with van der Waals surface area (Å²) in [5.41, 5.74) is 0.516. The van der Waals surface area contributed by atoms with Crippen molar-refractivity contribution in [1.29, 1.82) is 0 Å². The Hall–Kier alpha value is -1.60. The lowest BCUT2D eigenvalue weighted by molar-refractivity contribution is 0.102. The highest BCUT2D eigenvalue weighted by atomic mass is 32.2. The van der Waals surface area contributed by atoms with Crippen LogP contribution in [0.15, 0.2) is 29.2 Å². The molecule has 0 radical (unpaired) electrons. The summed E-state index contributed by atoms with van der Waals surface area (Å²) in [5, 5.41) is 12.5. The summed E-state index contributed by atoms with van der Waals surface area (Å²) in [6.07, 6.45) is 10.0. The number of nitrogens with one attached hydrogen (secondary N) is 1. The molecule has 0 saturated carbocycles. The topological polar surface area (TPSA) is 72.0 Å². The Morgan fingerprint density at radius 2 is 1.76 bits per heavy atom. The van der Waals surface area contributed by atoms with E-state index >= 15 is 0 Å². The van der Waals surface area contributed by atoms with E-state index in [0.29, 0.717) is 15.6 Å². The highest BCUT2D eigenvalue weighted by molar-refractivity contribution is 7.84. The molecule has 0 aliphatic heterocycles. The molecule has 136 valence electrons. The van der Waals surface area contributed by atoms with Crippen molar-refractivity contribution in [2.75, 3.05) is 11.6 Å². The first-order chi connectivity index (χ1) is 12.1. The highest BCUT2D eigenvalue weighted by Crippen LogP contribution is 2.19. The van der Waals surface area contributed by atoms with E-state index in [9.17, 15) is 9.00 Å². The maximum absolute atomic E-state index is 12.2. The SMILES string of the molecule is CCCCCCCCc1nnc(NC(=O)c2ccc(S(C)=O)cc2)s1. The van der Waals surface area contributed by atoms with Crippen molar-refractivity contribution in [2.24, 2.45) is 0 Å². The summed E-state index contributed by atoms with van der Waals surface area (Å²) >= 11 is 1.43. The van der Waals surface area contributed by atoms with Crippen molar-refractivity contribution >= 4 is 33.2 Å². The second-order valence-corrected chi connectivity index (χ2v) is 8.39. The van der Waals surface area contributed by atoms with Crippen LogP contribution in [0.25, 0.3) is 0 Å². The van der Waals surface area contributed by atoms with E-state index in [1.54, 1.807) is 30.5 Å². The second kappa shape index (κ2) is 10.4. The van der Waals surface area contributed by atoms with Crippen molar-refractivity contribution in [1.82, 2.24) is 10.2 Å². The molecule has 1 atom stereocenters. The molecule has 0 bridgehead atoms. The molecule has 5 nitrogen and oxygen atoms in total. The number of amides is 1. The summed E-state index contributed by atoms with van der Waals surface area (Å²) in [6.45, 7) is 2.22. The Kier molecular flexibility index (Phi) is 8.21. The molecule has 1 amide bonds. The fourth-order valence-corrected chi connectivity index (χ4v) is 3.72. The first-order valence-corrected chi connectivity index (χ1v) is 11.0. The lowest BCUT2D eigenvalue weighted by Crippen LogP contribution is -2.11. The van der Waals surface area contributed by atoms with Crippen molar-refractivity contribution in [3.63, 3.8) is 0 Å². The number of rotatable bonds is 10. The number of benzene rings is 1. The quantitative estimate of drug-likeness (QED) is 0.620. The number of aromatic nitrogens is 2. The Labute approximate surface area is 155 Å². The number of nitrogens with zero attached hydrogens (tertiary/aromatic N) is 2. The molecule has 0 aliphatic carbocycles. The molecule has 0 aliphatic rings. The van der Waals surface area contributed by atoms with Gasteiger partial charge in [-0.3, -0.25) is 14.3 Å². The van der Waals surface area contributed by atoms with Crippen LogP contribution in [-0.4, -0.2) is 26.6 Å². The molecule has 1 aromatic heterocycles. The average molecular weight is 380 g/mol. The van der Waals surface area contributed by atoms with Crippen LogP contribution in [0.2, 0.25) is 0 Å². The second-order valence-electron chi connectivity index (χ2n) is 5.95. The van der Waals surface area contributed by atoms with Gasteiger partial charge in [0.15, 0.2) is 0 Å². The van der Waals surface area contributed by atoms with Crippen LogP contribution in [0.1, 0.15) is 60.8 Å². The van der Waals surface area contributed by atoms with Gasteiger partial charge in [0.2, 0.25) is 5.13 Å². The first-order valence-electron chi connectivity index (χ1n) is 8.67. The fourth-order valence-electron chi connectivity index (χ4n) is 2.43. The number of hydrogen-bond donors (Lipinski definition) is 1. The number of carbonyl (C=O) groups is 1. The number of unbranched alkanes of at least 4 members (excludes halogenated alkanes) is 5. The molecule has 7 heteroatoms. The molecule has 1 aromatic carbocycles. The van der Waals surface area contributed by atoms with Gasteiger partial charge in [-0.2, -0.15) is 0 Å². The van der Waals surface area contributed by atoms with E-state index < -0.39 is 10.8 Å². The summed E-state index contributed by atoms with van der Waals surface area (Å²) < 4.78 is 11.4. The van der Waals surface area contributed by atoms with Gasteiger partial charge in [-0.25, -0.2) is 0 Å². The van der Waals surface area contributed by atoms with Gasteiger partial charge in [-0.05, 0) is 30.7 Å². The summed E-state index contributed by atoms with van der Waals surface area (Å²) in [7, 11) is -1.04. The maximum Gasteiger partial charge on any atom is 0.257 e. The molecular formula is C18H25N3O2S2. The zero-order chi connectivity index (χ0) is 18.1. The smallest absolute Gasteiger partial charge is 0.257 e. The third kappa shape index (κ3) is 6.66. The maximum atomic E-state index is 12.2. The minimum absolute atomic E-state index is 0.226. The van der Waals surface area contributed by atoms with Gasteiger partial charge < -0.3 is 0 Å². The minimum atomic E-state index is -1.04. The molecule has 1 unspecified atom stereocenters. The van der Waals surface area contributed by atoms with Crippen molar-refractivity contribution in [3.8, 4) is 0 Å². The monoisotopic (exact) mass is 379 g/mol. The molecule has 1 N–H and O–H groups in total. The van der Waals surface area contributed by atoms with Gasteiger partial charge in [0, 0.05) is 33.9 Å². The van der Waals surface area contributed by atoms with Crippen LogP contribution in [0.4, 0.5) is 5.13 Å². The summed E-state index contributed by atoms with van der Waals surface area (Å²) in [6, 6.07) is 6.75. The Balaban J connectivity index is 1.79. The van der Waals surface area contributed by atoms with Gasteiger partial charge in [0.1, 0.15) is 5.01 Å². The number of carbonyl (C=O) groups excluding carboxylic acids is 1. The number of anilines is 1.